The van der Waals surface area contributed by atoms with Crippen molar-refractivity contribution < 1.29 is 9.53 Å². The van der Waals surface area contributed by atoms with Gasteiger partial charge in [-0.2, -0.15) is 5.10 Å². The number of nitrogens with one attached hydrogen (secondary N) is 1. The number of likely N-dealkylation sites (N-methyl/N-ethyl adjacent to an activating group) is 1. The molecule has 1 unspecified atom stereocenters. The molecule has 0 aliphatic carbocycles. The van der Waals surface area contributed by atoms with E-state index in [1.165, 1.54) is 0 Å². The zero-order valence-electron chi connectivity index (χ0n) is 12.3. The van der Waals surface area contributed by atoms with Gasteiger partial charge in [-0.1, -0.05) is 0 Å². The van der Waals surface area contributed by atoms with Crippen molar-refractivity contribution in [3.8, 4) is 0 Å². The van der Waals surface area contributed by atoms with Gasteiger partial charge in [0.05, 0.1) is 18.9 Å². The second kappa shape index (κ2) is 6.23. The number of aryl methyl sites for hydroxylation is 2. The standard InChI is InChI=1S/C13H23N5O2/c1-4-15-12(19)11-8-20-6-5-18(11)13-10(7-14)9(2)16-17(13)3/h11H,4-8,14H2,1-3H3,(H,15,19). The third kappa shape index (κ3) is 2.64. The molecule has 0 saturated carbocycles. The van der Waals surface area contributed by atoms with Gasteiger partial charge >= 0.3 is 0 Å². The third-order valence-electron chi connectivity index (χ3n) is 3.57. The lowest BCUT2D eigenvalue weighted by molar-refractivity contribution is -0.124. The molecule has 0 spiro atoms. The molecule has 1 aromatic heterocycles. The second-order valence-corrected chi connectivity index (χ2v) is 4.89. The van der Waals surface area contributed by atoms with Gasteiger partial charge in [-0.15, -0.1) is 0 Å². The Morgan fingerprint density at radius 2 is 2.35 bits per heavy atom. The number of carbonyl (C=O) groups is 1. The molecule has 1 atom stereocenters. The Morgan fingerprint density at radius 1 is 1.60 bits per heavy atom. The minimum atomic E-state index is -0.330. The highest BCUT2D eigenvalue weighted by Crippen LogP contribution is 2.26. The topological polar surface area (TPSA) is 85.4 Å². The Bertz CT molecular complexity index is 485. The summed E-state index contributed by atoms with van der Waals surface area (Å²) in [4.78, 5) is 14.3. The first kappa shape index (κ1) is 14.8. The number of nitrogens with zero attached hydrogens (tertiary/aromatic N) is 3. The first-order valence-electron chi connectivity index (χ1n) is 6.94. The predicted octanol–water partition coefficient (Wildman–Crippen LogP) is -0.471. The van der Waals surface area contributed by atoms with E-state index in [0.717, 1.165) is 17.1 Å². The molecule has 1 aliphatic rings. The van der Waals surface area contributed by atoms with Crippen molar-refractivity contribution in [2.24, 2.45) is 12.8 Å². The van der Waals surface area contributed by atoms with Crippen molar-refractivity contribution in [3.63, 3.8) is 0 Å². The molecule has 3 N–H and O–H groups in total. The fourth-order valence-electron chi connectivity index (χ4n) is 2.65. The lowest BCUT2D eigenvalue weighted by Crippen LogP contribution is -2.54. The molecule has 20 heavy (non-hydrogen) atoms. The molecule has 0 bridgehead atoms. The van der Waals surface area contributed by atoms with Crippen molar-refractivity contribution >= 4 is 11.7 Å². The minimum Gasteiger partial charge on any atom is -0.377 e. The maximum Gasteiger partial charge on any atom is 0.245 e. The normalized spacial score (nSPS) is 19.2. The highest BCUT2D eigenvalue weighted by Gasteiger charge is 2.32. The first-order chi connectivity index (χ1) is 9.60. The van der Waals surface area contributed by atoms with Crippen LogP contribution in [-0.2, 0) is 23.1 Å². The van der Waals surface area contributed by atoms with Gasteiger partial charge in [0.25, 0.3) is 0 Å². The van der Waals surface area contributed by atoms with Crippen LogP contribution in [0.25, 0.3) is 0 Å². The molecule has 1 saturated heterocycles. The number of rotatable bonds is 4. The van der Waals surface area contributed by atoms with Gasteiger partial charge in [-0.3, -0.25) is 9.48 Å². The smallest absolute Gasteiger partial charge is 0.245 e. The van der Waals surface area contributed by atoms with Crippen LogP contribution in [0.1, 0.15) is 18.2 Å². The van der Waals surface area contributed by atoms with E-state index in [2.05, 4.69) is 15.3 Å². The fraction of sp³-hybridized carbons (Fsp3) is 0.692. The zero-order valence-corrected chi connectivity index (χ0v) is 12.3. The van der Waals surface area contributed by atoms with Gasteiger partial charge in [0.15, 0.2) is 0 Å². The highest BCUT2D eigenvalue weighted by molar-refractivity contribution is 5.85. The summed E-state index contributed by atoms with van der Waals surface area (Å²) in [6.45, 7) is 6.52. The van der Waals surface area contributed by atoms with E-state index >= 15 is 0 Å². The van der Waals surface area contributed by atoms with Crippen LogP contribution in [0, 0.1) is 6.92 Å². The molecule has 1 amide bonds. The van der Waals surface area contributed by atoms with E-state index in [4.69, 9.17) is 10.5 Å². The summed E-state index contributed by atoms with van der Waals surface area (Å²) in [7, 11) is 1.88. The summed E-state index contributed by atoms with van der Waals surface area (Å²) in [6.07, 6.45) is 0. The van der Waals surface area contributed by atoms with E-state index in [9.17, 15) is 4.79 Å². The molecule has 0 aromatic carbocycles. The summed E-state index contributed by atoms with van der Waals surface area (Å²) in [5, 5.41) is 7.28. The average molecular weight is 281 g/mol. The molecule has 2 heterocycles. The summed E-state index contributed by atoms with van der Waals surface area (Å²) in [6, 6.07) is -0.330. The number of ether oxygens (including phenoxy) is 1. The zero-order chi connectivity index (χ0) is 14.7. The van der Waals surface area contributed by atoms with E-state index in [0.29, 0.717) is 32.8 Å². The van der Waals surface area contributed by atoms with Crippen LogP contribution < -0.4 is 16.0 Å². The maximum absolute atomic E-state index is 12.2. The number of anilines is 1. The van der Waals surface area contributed by atoms with Crippen molar-refractivity contribution in [1.82, 2.24) is 15.1 Å². The summed E-state index contributed by atoms with van der Waals surface area (Å²) in [5.74, 6) is 0.901. The van der Waals surface area contributed by atoms with E-state index in [1.54, 1.807) is 4.68 Å². The average Bonchev–Trinajstić information content (AvgIpc) is 2.72. The Balaban J connectivity index is 2.35. The van der Waals surface area contributed by atoms with Crippen molar-refractivity contribution in [2.75, 3.05) is 31.2 Å². The monoisotopic (exact) mass is 281 g/mol. The van der Waals surface area contributed by atoms with Crippen LogP contribution in [0.3, 0.4) is 0 Å². The lowest BCUT2D eigenvalue weighted by Gasteiger charge is -2.36. The third-order valence-corrected chi connectivity index (χ3v) is 3.57. The molecule has 1 aromatic rings. The Labute approximate surface area is 119 Å². The molecule has 7 heteroatoms. The summed E-state index contributed by atoms with van der Waals surface area (Å²) >= 11 is 0. The van der Waals surface area contributed by atoms with Crippen LogP contribution >= 0.6 is 0 Å². The minimum absolute atomic E-state index is 0.0194. The van der Waals surface area contributed by atoms with Gasteiger partial charge in [0, 0.05) is 32.2 Å². The largest absolute Gasteiger partial charge is 0.377 e. The van der Waals surface area contributed by atoms with Gasteiger partial charge in [-0.05, 0) is 13.8 Å². The van der Waals surface area contributed by atoms with Gasteiger partial charge in [-0.25, -0.2) is 0 Å². The number of carbonyl (C=O) groups excluding carboxylic acids is 1. The molecule has 7 nitrogen and oxygen atoms in total. The maximum atomic E-state index is 12.2. The van der Waals surface area contributed by atoms with Crippen LogP contribution in [0.4, 0.5) is 5.82 Å². The number of hydrogen-bond donors (Lipinski definition) is 2. The molecule has 112 valence electrons. The summed E-state index contributed by atoms with van der Waals surface area (Å²) in [5.41, 5.74) is 7.74. The van der Waals surface area contributed by atoms with Crippen LogP contribution in [-0.4, -0.2) is 48.0 Å². The van der Waals surface area contributed by atoms with Crippen LogP contribution in [0.15, 0.2) is 0 Å². The number of aromatic nitrogens is 2. The molecule has 2 rings (SSSR count). The van der Waals surface area contributed by atoms with Crippen molar-refractivity contribution in [1.29, 1.82) is 0 Å². The molecular formula is C13H23N5O2. The van der Waals surface area contributed by atoms with Crippen molar-refractivity contribution in [3.05, 3.63) is 11.3 Å². The molecule has 0 radical (unpaired) electrons. The molecule has 1 aliphatic heterocycles. The van der Waals surface area contributed by atoms with Crippen molar-refractivity contribution in [2.45, 2.75) is 26.4 Å². The first-order valence-corrected chi connectivity index (χ1v) is 6.94. The Morgan fingerprint density at radius 3 is 3.00 bits per heavy atom. The highest BCUT2D eigenvalue weighted by atomic mass is 16.5. The molecular weight excluding hydrogens is 258 g/mol. The van der Waals surface area contributed by atoms with Gasteiger partial charge in [0.1, 0.15) is 11.9 Å². The number of amides is 1. The van der Waals surface area contributed by atoms with E-state index in [-0.39, 0.29) is 11.9 Å². The quantitative estimate of drug-likeness (QED) is 0.779. The van der Waals surface area contributed by atoms with E-state index in [1.807, 2.05) is 20.9 Å². The van der Waals surface area contributed by atoms with Crippen LogP contribution in [0.5, 0.6) is 0 Å². The second-order valence-electron chi connectivity index (χ2n) is 4.89. The number of morpholine rings is 1. The predicted molar refractivity (Wildman–Crippen MR) is 76.5 cm³/mol. The van der Waals surface area contributed by atoms with Gasteiger partial charge < -0.3 is 20.7 Å². The number of nitrogens with two attached hydrogens (primary N) is 1. The van der Waals surface area contributed by atoms with Crippen LogP contribution in [0.2, 0.25) is 0 Å². The molecule has 1 fully saturated rings. The SMILES string of the molecule is CCNC(=O)C1COCCN1c1c(CN)c(C)nn1C. The number of hydrogen-bond acceptors (Lipinski definition) is 5. The van der Waals surface area contributed by atoms with E-state index < -0.39 is 0 Å². The lowest BCUT2D eigenvalue weighted by atomic mass is 10.1. The Kier molecular flexibility index (Phi) is 4.61. The Hall–Kier alpha value is -1.60. The summed E-state index contributed by atoms with van der Waals surface area (Å²) < 4.78 is 7.26. The fourth-order valence-corrected chi connectivity index (χ4v) is 2.65. The van der Waals surface area contributed by atoms with Gasteiger partial charge in [0.2, 0.25) is 5.91 Å².